The second kappa shape index (κ2) is 6.12. The molecule has 6 heteroatoms. The predicted octanol–water partition coefficient (Wildman–Crippen LogP) is 3.06. The number of hydrogen-bond acceptors (Lipinski definition) is 4. The molecule has 0 saturated carbocycles. The number of Topliss-reactive ketones (excluding diaryl/α,β-unsaturated/α-hetero) is 1. The van der Waals surface area contributed by atoms with Crippen molar-refractivity contribution in [3.05, 3.63) is 41.2 Å². The number of methoxy groups -OCH3 is 1. The summed E-state index contributed by atoms with van der Waals surface area (Å²) < 4.78 is 6.76. The van der Waals surface area contributed by atoms with E-state index in [1.54, 1.807) is 36.2 Å². The molecule has 0 bridgehead atoms. The lowest BCUT2D eigenvalue weighted by molar-refractivity contribution is 0.102. The van der Waals surface area contributed by atoms with E-state index in [1.807, 2.05) is 13.2 Å². The van der Waals surface area contributed by atoms with Gasteiger partial charge in [0.1, 0.15) is 5.75 Å². The largest absolute Gasteiger partial charge is 0.495 e. The lowest BCUT2D eigenvalue weighted by Gasteiger charge is -2.05. The van der Waals surface area contributed by atoms with Gasteiger partial charge in [-0.1, -0.05) is 11.6 Å². The Morgan fingerprint density at radius 2 is 2.32 bits per heavy atom. The molecule has 1 aromatic heterocycles. The van der Waals surface area contributed by atoms with Crippen LogP contribution in [0.1, 0.15) is 10.4 Å². The molecule has 2 rings (SSSR count). The molecule has 0 saturated heterocycles. The quantitative estimate of drug-likeness (QED) is 0.628. The number of carbonyl (C=O) groups excluding carboxylic acids is 1. The zero-order valence-electron chi connectivity index (χ0n) is 10.6. The lowest BCUT2D eigenvalue weighted by atomic mass is 10.1. The molecule has 0 aliphatic carbocycles. The van der Waals surface area contributed by atoms with Gasteiger partial charge in [-0.05, 0) is 18.2 Å². The summed E-state index contributed by atoms with van der Waals surface area (Å²) in [6, 6.07) is 5.05. The van der Waals surface area contributed by atoms with Crippen LogP contribution in [-0.2, 0) is 7.05 Å². The third-order valence-electron chi connectivity index (χ3n) is 2.52. The van der Waals surface area contributed by atoms with Crippen molar-refractivity contribution < 1.29 is 9.53 Å². The van der Waals surface area contributed by atoms with E-state index in [1.165, 1.54) is 11.8 Å². The molecule has 0 aliphatic rings. The Morgan fingerprint density at radius 1 is 1.53 bits per heavy atom. The average molecular weight is 297 g/mol. The molecule has 1 aromatic carbocycles. The van der Waals surface area contributed by atoms with Gasteiger partial charge in [0.05, 0.1) is 24.1 Å². The summed E-state index contributed by atoms with van der Waals surface area (Å²) in [5.41, 5.74) is 0.585. The molecule has 4 nitrogen and oxygen atoms in total. The number of nitrogens with zero attached hydrogens (tertiary/aromatic N) is 2. The van der Waals surface area contributed by atoms with E-state index in [0.29, 0.717) is 22.1 Å². The number of aromatic nitrogens is 2. The number of aryl methyl sites for hydroxylation is 1. The van der Waals surface area contributed by atoms with Gasteiger partial charge in [-0.25, -0.2) is 0 Å². The number of ether oxygens (including phenoxy) is 1. The van der Waals surface area contributed by atoms with Crippen LogP contribution in [0.5, 0.6) is 5.75 Å². The molecule has 0 N–H and O–H groups in total. The van der Waals surface area contributed by atoms with E-state index < -0.39 is 0 Å². The second-order valence-electron chi connectivity index (χ2n) is 3.91. The van der Waals surface area contributed by atoms with Gasteiger partial charge < -0.3 is 4.74 Å². The topological polar surface area (TPSA) is 44.1 Å². The van der Waals surface area contributed by atoms with Crippen molar-refractivity contribution in [3.63, 3.8) is 0 Å². The first kappa shape index (κ1) is 14.0. The van der Waals surface area contributed by atoms with E-state index in [9.17, 15) is 4.79 Å². The van der Waals surface area contributed by atoms with Crippen molar-refractivity contribution in [1.82, 2.24) is 9.78 Å². The van der Waals surface area contributed by atoms with E-state index in [2.05, 4.69) is 5.10 Å². The molecule has 0 amide bonds. The van der Waals surface area contributed by atoms with Gasteiger partial charge >= 0.3 is 0 Å². The Morgan fingerprint density at radius 3 is 2.89 bits per heavy atom. The summed E-state index contributed by atoms with van der Waals surface area (Å²) in [5, 5.41) is 4.50. The number of hydrogen-bond donors (Lipinski definition) is 0. The fourth-order valence-corrected chi connectivity index (χ4v) is 2.62. The van der Waals surface area contributed by atoms with Crippen LogP contribution in [-0.4, -0.2) is 28.4 Å². The highest BCUT2D eigenvalue weighted by Crippen LogP contribution is 2.26. The Kier molecular flexibility index (Phi) is 4.50. The van der Waals surface area contributed by atoms with Gasteiger partial charge in [0.2, 0.25) is 0 Å². The normalized spacial score (nSPS) is 10.5. The van der Waals surface area contributed by atoms with E-state index in [-0.39, 0.29) is 5.78 Å². The number of rotatable bonds is 5. The maximum Gasteiger partial charge on any atom is 0.173 e. The van der Waals surface area contributed by atoms with Crippen molar-refractivity contribution in [1.29, 1.82) is 0 Å². The number of thioether (sulfide) groups is 1. The Hall–Kier alpha value is -1.46. The second-order valence-corrected chi connectivity index (χ2v) is 5.37. The van der Waals surface area contributed by atoms with Crippen molar-refractivity contribution in [3.8, 4) is 5.75 Å². The van der Waals surface area contributed by atoms with E-state index >= 15 is 0 Å². The predicted molar refractivity (Wildman–Crippen MR) is 76.3 cm³/mol. The maximum atomic E-state index is 12.0. The minimum atomic E-state index is 0.0263. The third-order valence-corrected chi connectivity index (χ3v) is 3.77. The standard InChI is InChI=1S/C13H13ClN2O2S/c1-16-7-10(6-15-16)19-8-12(17)9-3-4-13(18-2)11(14)5-9/h3-7H,8H2,1-2H3. The SMILES string of the molecule is COc1ccc(C(=O)CSc2cnn(C)c2)cc1Cl. The van der Waals surface area contributed by atoms with Gasteiger partial charge in [-0.3, -0.25) is 9.48 Å². The van der Waals surface area contributed by atoms with Crippen molar-refractivity contribution in [2.75, 3.05) is 12.9 Å². The van der Waals surface area contributed by atoms with Crippen LogP contribution in [0.25, 0.3) is 0 Å². The van der Waals surface area contributed by atoms with Crippen molar-refractivity contribution in [2.24, 2.45) is 7.05 Å². The molecule has 0 aliphatic heterocycles. The fourth-order valence-electron chi connectivity index (χ4n) is 1.55. The van der Waals surface area contributed by atoms with Crippen LogP contribution in [0, 0.1) is 0 Å². The van der Waals surface area contributed by atoms with Crippen LogP contribution in [0.4, 0.5) is 0 Å². The number of benzene rings is 1. The van der Waals surface area contributed by atoms with Crippen LogP contribution in [0.2, 0.25) is 5.02 Å². The average Bonchev–Trinajstić information content (AvgIpc) is 2.81. The maximum absolute atomic E-state index is 12.0. The summed E-state index contributed by atoms with van der Waals surface area (Å²) in [5.74, 6) is 0.950. The molecular weight excluding hydrogens is 284 g/mol. The van der Waals surface area contributed by atoms with Crippen LogP contribution < -0.4 is 4.74 Å². The number of ketones is 1. The molecular formula is C13H13ClN2O2S. The Balaban J connectivity index is 2.01. The Labute approximate surface area is 120 Å². The lowest BCUT2D eigenvalue weighted by Crippen LogP contribution is -2.02. The zero-order chi connectivity index (χ0) is 13.8. The molecule has 0 radical (unpaired) electrons. The number of carbonyl (C=O) groups is 1. The summed E-state index contributed by atoms with van der Waals surface area (Å²) in [7, 11) is 3.39. The summed E-state index contributed by atoms with van der Waals surface area (Å²) in [4.78, 5) is 13.0. The van der Waals surface area contributed by atoms with Gasteiger partial charge in [-0.15, -0.1) is 11.8 Å². The first-order valence-corrected chi connectivity index (χ1v) is 6.94. The van der Waals surface area contributed by atoms with Gasteiger partial charge in [0, 0.05) is 23.7 Å². The summed E-state index contributed by atoms with van der Waals surface area (Å²) in [6.45, 7) is 0. The highest BCUT2D eigenvalue weighted by molar-refractivity contribution is 8.00. The van der Waals surface area contributed by atoms with Crippen LogP contribution in [0.3, 0.4) is 0 Å². The van der Waals surface area contributed by atoms with Crippen molar-refractivity contribution in [2.45, 2.75) is 4.90 Å². The monoisotopic (exact) mass is 296 g/mol. The highest BCUT2D eigenvalue weighted by Gasteiger charge is 2.10. The molecule has 0 fully saturated rings. The van der Waals surface area contributed by atoms with Gasteiger partial charge in [-0.2, -0.15) is 5.10 Å². The first-order valence-electron chi connectivity index (χ1n) is 5.58. The Bertz CT molecular complexity index is 598. The van der Waals surface area contributed by atoms with E-state index in [0.717, 1.165) is 4.90 Å². The summed E-state index contributed by atoms with van der Waals surface area (Å²) in [6.07, 6.45) is 3.61. The van der Waals surface area contributed by atoms with Crippen LogP contribution in [0.15, 0.2) is 35.5 Å². The number of halogens is 1. The smallest absolute Gasteiger partial charge is 0.173 e. The van der Waals surface area contributed by atoms with Crippen LogP contribution >= 0.6 is 23.4 Å². The molecule has 1 heterocycles. The van der Waals surface area contributed by atoms with Gasteiger partial charge in [0.25, 0.3) is 0 Å². The zero-order valence-corrected chi connectivity index (χ0v) is 12.2. The third kappa shape index (κ3) is 3.52. The summed E-state index contributed by atoms with van der Waals surface area (Å²) >= 11 is 7.45. The van der Waals surface area contributed by atoms with E-state index in [4.69, 9.17) is 16.3 Å². The molecule has 0 spiro atoms. The molecule has 0 atom stereocenters. The first-order chi connectivity index (χ1) is 9.10. The minimum absolute atomic E-state index is 0.0263. The fraction of sp³-hybridized carbons (Fsp3) is 0.231. The van der Waals surface area contributed by atoms with Gasteiger partial charge in [0.15, 0.2) is 5.78 Å². The van der Waals surface area contributed by atoms with Crippen molar-refractivity contribution >= 4 is 29.1 Å². The highest BCUT2D eigenvalue weighted by atomic mass is 35.5. The molecule has 2 aromatic rings. The molecule has 19 heavy (non-hydrogen) atoms. The molecule has 100 valence electrons. The minimum Gasteiger partial charge on any atom is -0.495 e. The molecule has 0 unspecified atom stereocenters.